The van der Waals surface area contributed by atoms with Gasteiger partial charge in [0.05, 0.1) is 6.42 Å². The Kier molecular flexibility index (Phi) is 3.44. The zero-order valence-corrected chi connectivity index (χ0v) is 11.2. The van der Waals surface area contributed by atoms with E-state index in [0.717, 1.165) is 5.56 Å². The molecule has 0 radical (unpaired) electrons. The molecule has 1 aromatic rings. The number of fused-ring (bicyclic) bond motifs is 1. The molecule has 0 amide bonds. The highest BCUT2D eigenvalue weighted by molar-refractivity contribution is 6.07. The minimum atomic E-state index is -0.447. The molecule has 1 fully saturated rings. The van der Waals surface area contributed by atoms with Crippen molar-refractivity contribution in [2.75, 3.05) is 0 Å². The Balaban J connectivity index is 1.92. The summed E-state index contributed by atoms with van der Waals surface area (Å²) in [5.74, 6) is -1.12. The van der Waals surface area contributed by atoms with E-state index in [9.17, 15) is 14.7 Å². The first kappa shape index (κ1) is 13.4. The first-order valence-corrected chi connectivity index (χ1v) is 6.73. The summed E-state index contributed by atoms with van der Waals surface area (Å²) in [6.45, 7) is 0. The lowest BCUT2D eigenvalue weighted by Crippen LogP contribution is -2.25. The molecule has 1 N–H and O–H groups in total. The summed E-state index contributed by atoms with van der Waals surface area (Å²) < 4.78 is 5.11. The van der Waals surface area contributed by atoms with Gasteiger partial charge in [-0.2, -0.15) is 0 Å². The molecule has 1 heterocycles. The second-order valence-corrected chi connectivity index (χ2v) is 5.03. The average Bonchev–Trinajstić information content (AvgIpc) is 2.86. The Morgan fingerprint density at radius 1 is 1.24 bits per heavy atom. The van der Waals surface area contributed by atoms with Gasteiger partial charge in [0.2, 0.25) is 0 Å². The summed E-state index contributed by atoms with van der Waals surface area (Å²) in [6, 6.07) is 9.46. The monoisotopic (exact) mass is 282 g/mol. The van der Waals surface area contributed by atoms with E-state index in [4.69, 9.17) is 4.74 Å². The van der Waals surface area contributed by atoms with Crippen molar-refractivity contribution in [1.82, 2.24) is 0 Å². The fourth-order valence-corrected chi connectivity index (χ4v) is 2.62. The van der Waals surface area contributed by atoms with Crippen LogP contribution in [-0.2, 0) is 14.3 Å². The molecule has 0 bridgehead atoms. The van der Waals surface area contributed by atoms with Gasteiger partial charge in [0.1, 0.15) is 11.9 Å². The van der Waals surface area contributed by atoms with Crippen LogP contribution in [0.5, 0.6) is 0 Å². The van der Waals surface area contributed by atoms with E-state index in [-0.39, 0.29) is 29.5 Å². The van der Waals surface area contributed by atoms with E-state index in [2.05, 4.69) is 0 Å². The Morgan fingerprint density at radius 2 is 2.00 bits per heavy atom. The molecule has 1 aliphatic carbocycles. The number of carbonyl (C=O) groups excluding carboxylic acids is 2. The van der Waals surface area contributed by atoms with Gasteiger partial charge in [0.25, 0.3) is 0 Å². The highest BCUT2D eigenvalue weighted by atomic mass is 16.5. The maximum absolute atomic E-state index is 12.0. The van der Waals surface area contributed by atoms with Gasteiger partial charge in [-0.25, -0.2) is 0 Å². The number of hydrogen-bond acceptors (Lipinski definition) is 4. The molecule has 106 valence electrons. The number of benzene rings is 1. The molecule has 4 heteroatoms. The van der Waals surface area contributed by atoms with E-state index in [0.29, 0.717) is 0 Å². The first-order valence-electron chi connectivity index (χ1n) is 6.73. The Morgan fingerprint density at radius 3 is 2.76 bits per heavy atom. The van der Waals surface area contributed by atoms with Crippen LogP contribution >= 0.6 is 0 Å². The third-order valence-electron chi connectivity index (χ3n) is 3.63. The topological polar surface area (TPSA) is 63.6 Å². The Bertz CT molecular complexity index is 667. The van der Waals surface area contributed by atoms with Gasteiger partial charge >= 0.3 is 5.97 Å². The number of allylic oxidation sites excluding steroid dienone is 2. The number of rotatable bonds is 2. The highest BCUT2D eigenvalue weighted by Crippen LogP contribution is 2.35. The smallest absolute Gasteiger partial charge is 0.307 e. The minimum Gasteiger partial charge on any atom is -0.508 e. The van der Waals surface area contributed by atoms with Gasteiger partial charge in [0.15, 0.2) is 5.78 Å². The van der Waals surface area contributed by atoms with Crippen molar-refractivity contribution in [3.63, 3.8) is 0 Å². The molecule has 21 heavy (non-hydrogen) atoms. The van der Waals surface area contributed by atoms with Crippen LogP contribution in [0.1, 0.15) is 12.0 Å². The van der Waals surface area contributed by atoms with Gasteiger partial charge in [-0.15, -0.1) is 0 Å². The van der Waals surface area contributed by atoms with Crippen LogP contribution in [0, 0.1) is 5.92 Å². The summed E-state index contributed by atoms with van der Waals surface area (Å²) in [5, 5.41) is 10.2. The van der Waals surface area contributed by atoms with E-state index in [1.165, 1.54) is 12.2 Å². The van der Waals surface area contributed by atoms with E-state index >= 15 is 0 Å². The molecule has 0 saturated carbocycles. The normalized spacial score (nSPS) is 26.9. The Labute approximate surface area is 122 Å². The van der Waals surface area contributed by atoms with E-state index < -0.39 is 12.0 Å². The molecule has 2 atom stereocenters. The van der Waals surface area contributed by atoms with Crippen LogP contribution < -0.4 is 0 Å². The lowest BCUT2D eigenvalue weighted by atomic mass is 9.84. The maximum Gasteiger partial charge on any atom is 0.307 e. The summed E-state index contributed by atoms with van der Waals surface area (Å²) in [5.41, 5.74) is 1.17. The molecular formula is C17H14O4. The summed E-state index contributed by atoms with van der Waals surface area (Å²) in [6.07, 6.45) is 5.82. The quantitative estimate of drug-likeness (QED) is 0.514. The molecule has 1 aliphatic heterocycles. The average molecular weight is 282 g/mol. The molecule has 0 aromatic heterocycles. The van der Waals surface area contributed by atoms with Crippen molar-refractivity contribution in [2.24, 2.45) is 5.92 Å². The van der Waals surface area contributed by atoms with Crippen LogP contribution in [0.25, 0.3) is 6.08 Å². The molecule has 1 saturated heterocycles. The van der Waals surface area contributed by atoms with Gasteiger partial charge in [-0.3, -0.25) is 9.59 Å². The van der Waals surface area contributed by atoms with Crippen molar-refractivity contribution >= 4 is 17.8 Å². The first-order chi connectivity index (χ1) is 10.1. The van der Waals surface area contributed by atoms with Crippen molar-refractivity contribution in [3.05, 3.63) is 65.5 Å². The van der Waals surface area contributed by atoms with Gasteiger partial charge < -0.3 is 9.84 Å². The van der Waals surface area contributed by atoms with Crippen LogP contribution in [0.2, 0.25) is 0 Å². The lowest BCUT2D eigenvalue weighted by Gasteiger charge is -2.20. The molecular weight excluding hydrogens is 268 g/mol. The largest absolute Gasteiger partial charge is 0.508 e. The van der Waals surface area contributed by atoms with Crippen molar-refractivity contribution in [2.45, 2.75) is 12.5 Å². The van der Waals surface area contributed by atoms with E-state index in [1.54, 1.807) is 12.2 Å². The molecule has 0 spiro atoms. The van der Waals surface area contributed by atoms with Crippen LogP contribution in [0.15, 0.2) is 59.9 Å². The summed E-state index contributed by atoms with van der Waals surface area (Å²) in [4.78, 5) is 23.4. The number of esters is 1. The number of carbonyl (C=O) groups is 2. The van der Waals surface area contributed by atoms with Crippen LogP contribution in [-0.4, -0.2) is 23.0 Å². The van der Waals surface area contributed by atoms with Crippen LogP contribution in [0.4, 0.5) is 0 Å². The molecule has 0 unspecified atom stereocenters. The molecule has 4 nitrogen and oxygen atoms in total. The standard InChI is InChI=1S/C17H14O4/c18-13(7-6-11-4-2-1-3-5-11)17-12-10-16(20)21-15(12)9-8-14(17)19/h1-9,12,15,18H,10H2/t12-,15-/m0/s1. The third kappa shape index (κ3) is 2.65. The van der Waals surface area contributed by atoms with E-state index in [1.807, 2.05) is 30.3 Å². The van der Waals surface area contributed by atoms with Crippen molar-refractivity contribution in [1.29, 1.82) is 0 Å². The number of aliphatic hydroxyl groups is 1. The SMILES string of the molecule is O=C1C[C@@H]2C(=C(O)C=Cc3ccccc3)C(=O)C=C[C@@H]2O1. The van der Waals surface area contributed by atoms with Crippen LogP contribution in [0.3, 0.4) is 0 Å². The van der Waals surface area contributed by atoms with Gasteiger partial charge in [-0.05, 0) is 23.8 Å². The highest BCUT2D eigenvalue weighted by Gasteiger charge is 2.41. The third-order valence-corrected chi connectivity index (χ3v) is 3.63. The molecule has 1 aromatic carbocycles. The van der Waals surface area contributed by atoms with Crippen molar-refractivity contribution < 1.29 is 19.4 Å². The Hall–Kier alpha value is -2.62. The summed E-state index contributed by atoms with van der Waals surface area (Å²) in [7, 11) is 0. The zero-order valence-electron chi connectivity index (χ0n) is 11.2. The second kappa shape index (κ2) is 5.40. The molecule has 2 aliphatic rings. The fraction of sp³-hybridized carbons (Fsp3) is 0.176. The number of aliphatic hydroxyl groups excluding tert-OH is 1. The second-order valence-electron chi connectivity index (χ2n) is 5.03. The van der Waals surface area contributed by atoms with Crippen molar-refractivity contribution in [3.8, 4) is 0 Å². The van der Waals surface area contributed by atoms with Gasteiger partial charge in [-0.1, -0.05) is 36.4 Å². The molecule has 3 rings (SSSR count). The predicted octanol–water partition coefficient (Wildman–Crippen LogP) is 2.58. The lowest BCUT2D eigenvalue weighted by molar-refractivity contribution is -0.140. The van der Waals surface area contributed by atoms with Gasteiger partial charge in [0, 0.05) is 11.5 Å². The fourth-order valence-electron chi connectivity index (χ4n) is 2.62. The summed E-state index contributed by atoms with van der Waals surface area (Å²) >= 11 is 0. The number of ether oxygens (including phenoxy) is 1. The minimum absolute atomic E-state index is 0.110. The maximum atomic E-state index is 12.0. The zero-order chi connectivity index (χ0) is 14.8. The predicted molar refractivity (Wildman–Crippen MR) is 77.3 cm³/mol. The number of hydrogen-bond donors (Lipinski definition) is 1. The number of ketones is 1.